The van der Waals surface area contributed by atoms with Crippen LogP contribution in [0.3, 0.4) is 0 Å². The fourth-order valence-corrected chi connectivity index (χ4v) is 2.16. The van der Waals surface area contributed by atoms with Crippen molar-refractivity contribution in [2.24, 2.45) is 5.73 Å². The molecule has 1 aromatic carbocycles. The molecule has 2 aromatic rings. The lowest BCUT2D eigenvalue weighted by atomic mass is 10.1. The summed E-state index contributed by atoms with van der Waals surface area (Å²) in [4.78, 5) is 4.27. The second-order valence-corrected chi connectivity index (χ2v) is 5.31. The van der Waals surface area contributed by atoms with Crippen LogP contribution in [0.5, 0.6) is 5.75 Å². The van der Waals surface area contributed by atoms with Crippen molar-refractivity contribution >= 4 is 15.9 Å². The number of hydrogen-bond acceptors (Lipinski definition) is 3. The fraction of sp³-hybridized carbons (Fsp3) is 0.267. The first kappa shape index (κ1) is 14.0. The van der Waals surface area contributed by atoms with Gasteiger partial charge in [-0.1, -0.05) is 28.1 Å². The molecule has 0 amide bonds. The van der Waals surface area contributed by atoms with E-state index < -0.39 is 0 Å². The molecular weight excluding hydrogens is 304 g/mol. The lowest BCUT2D eigenvalue weighted by Gasteiger charge is -2.14. The van der Waals surface area contributed by atoms with Gasteiger partial charge in [-0.15, -0.1) is 0 Å². The summed E-state index contributed by atoms with van der Waals surface area (Å²) in [6.45, 7) is 2.54. The topological polar surface area (TPSA) is 48.1 Å². The Kier molecular flexibility index (Phi) is 4.93. The van der Waals surface area contributed by atoms with Crippen molar-refractivity contribution in [2.75, 3.05) is 6.61 Å². The van der Waals surface area contributed by atoms with E-state index in [0.29, 0.717) is 6.61 Å². The zero-order chi connectivity index (χ0) is 13.7. The molecule has 0 aliphatic rings. The standard InChI is InChI=1S/C15H17BrN2O/c1-11(17)14-6-5-12(16)10-15(14)19-9-7-13-4-2-3-8-18-13/h2-6,8,10-11H,7,9,17H2,1H3/t11-/m0/s1. The first-order valence-electron chi connectivity index (χ1n) is 6.24. The molecule has 0 aliphatic heterocycles. The fourth-order valence-electron chi connectivity index (χ4n) is 1.82. The highest BCUT2D eigenvalue weighted by atomic mass is 79.9. The van der Waals surface area contributed by atoms with E-state index in [1.165, 1.54) is 0 Å². The molecule has 1 atom stereocenters. The smallest absolute Gasteiger partial charge is 0.125 e. The van der Waals surface area contributed by atoms with Crippen molar-refractivity contribution in [1.29, 1.82) is 0 Å². The molecule has 100 valence electrons. The first-order chi connectivity index (χ1) is 9.16. The van der Waals surface area contributed by atoms with Gasteiger partial charge >= 0.3 is 0 Å². The van der Waals surface area contributed by atoms with E-state index in [1.54, 1.807) is 6.20 Å². The molecule has 1 heterocycles. The van der Waals surface area contributed by atoms with Gasteiger partial charge in [-0.2, -0.15) is 0 Å². The van der Waals surface area contributed by atoms with Crippen molar-refractivity contribution in [3.63, 3.8) is 0 Å². The Morgan fingerprint density at radius 3 is 2.84 bits per heavy atom. The van der Waals surface area contributed by atoms with E-state index in [9.17, 15) is 0 Å². The predicted molar refractivity (Wildman–Crippen MR) is 80.2 cm³/mol. The molecule has 2 N–H and O–H groups in total. The van der Waals surface area contributed by atoms with Gasteiger partial charge in [0.1, 0.15) is 5.75 Å². The van der Waals surface area contributed by atoms with Crippen molar-refractivity contribution in [1.82, 2.24) is 4.98 Å². The lowest BCUT2D eigenvalue weighted by Crippen LogP contribution is -2.10. The Balaban J connectivity index is 2.01. The van der Waals surface area contributed by atoms with Crippen molar-refractivity contribution in [2.45, 2.75) is 19.4 Å². The SMILES string of the molecule is C[C@H](N)c1ccc(Br)cc1OCCc1ccccn1. The van der Waals surface area contributed by atoms with Crippen molar-refractivity contribution in [3.8, 4) is 5.75 Å². The number of aromatic nitrogens is 1. The van der Waals surface area contributed by atoms with E-state index in [1.807, 2.05) is 43.3 Å². The van der Waals surface area contributed by atoms with Crippen LogP contribution in [0, 0.1) is 0 Å². The molecule has 0 unspecified atom stereocenters. The zero-order valence-electron chi connectivity index (χ0n) is 10.8. The van der Waals surface area contributed by atoms with Gasteiger partial charge < -0.3 is 10.5 Å². The van der Waals surface area contributed by atoms with Crippen LogP contribution in [0.1, 0.15) is 24.2 Å². The van der Waals surface area contributed by atoms with Gasteiger partial charge in [0.2, 0.25) is 0 Å². The minimum absolute atomic E-state index is 0.0436. The summed E-state index contributed by atoms with van der Waals surface area (Å²) in [6, 6.07) is 11.8. The highest BCUT2D eigenvalue weighted by Crippen LogP contribution is 2.27. The molecule has 1 aromatic heterocycles. The summed E-state index contributed by atoms with van der Waals surface area (Å²) in [7, 11) is 0. The van der Waals surface area contributed by atoms with Gasteiger partial charge in [-0.3, -0.25) is 4.98 Å². The largest absolute Gasteiger partial charge is 0.493 e. The Morgan fingerprint density at radius 1 is 1.32 bits per heavy atom. The van der Waals surface area contributed by atoms with Gasteiger partial charge in [-0.05, 0) is 31.2 Å². The van der Waals surface area contributed by atoms with E-state index in [4.69, 9.17) is 10.5 Å². The Hall–Kier alpha value is -1.39. The molecule has 19 heavy (non-hydrogen) atoms. The molecule has 0 radical (unpaired) electrons. The van der Waals surface area contributed by atoms with Gasteiger partial charge in [0.05, 0.1) is 6.61 Å². The third kappa shape index (κ3) is 4.04. The molecule has 0 aliphatic carbocycles. The van der Waals surface area contributed by atoms with Crippen LogP contribution in [0.15, 0.2) is 47.1 Å². The minimum Gasteiger partial charge on any atom is -0.493 e. The minimum atomic E-state index is -0.0436. The number of pyridine rings is 1. The molecule has 3 nitrogen and oxygen atoms in total. The molecular formula is C15H17BrN2O. The van der Waals surface area contributed by atoms with E-state index in [2.05, 4.69) is 20.9 Å². The molecule has 0 saturated heterocycles. The number of nitrogens with two attached hydrogens (primary N) is 1. The summed E-state index contributed by atoms with van der Waals surface area (Å²) in [6.07, 6.45) is 2.58. The summed E-state index contributed by atoms with van der Waals surface area (Å²) < 4.78 is 6.82. The lowest BCUT2D eigenvalue weighted by molar-refractivity contribution is 0.315. The second kappa shape index (κ2) is 6.68. The average molecular weight is 321 g/mol. The number of hydrogen-bond donors (Lipinski definition) is 1. The maximum absolute atomic E-state index is 5.94. The Bertz CT molecular complexity index is 529. The second-order valence-electron chi connectivity index (χ2n) is 4.39. The van der Waals surface area contributed by atoms with Crippen LogP contribution < -0.4 is 10.5 Å². The highest BCUT2D eigenvalue weighted by Gasteiger charge is 2.08. The zero-order valence-corrected chi connectivity index (χ0v) is 12.4. The number of benzene rings is 1. The van der Waals surface area contributed by atoms with Crippen LogP contribution >= 0.6 is 15.9 Å². The highest BCUT2D eigenvalue weighted by molar-refractivity contribution is 9.10. The van der Waals surface area contributed by atoms with Crippen molar-refractivity contribution in [3.05, 3.63) is 58.3 Å². The molecule has 0 fully saturated rings. The van der Waals surface area contributed by atoms with Gasteiger partial charge in [-0.25, -0.2) is 0 Å². The maximum Gasteiger partial charge on any atom is 0.125 e. The Morgan fingerprint density at radius 2 is 2.16 bits per heavy atom. The third-order valence-corrected chi connectivity index (χ3v) is 3.30. The van der Waals surface area contributed by atoms with Crippen molar-refractivity contribution < 1.29 is 4.74 Å². The number of halogens is 1. The monoisotopic (exact) mass is 320 g/mol. The van der Waals surface area contributed by atoms with Gasteiger partial charge in [0, 0.05) is 34.4 Å². The summed E-state index contributed by atoms with van der Waals surface area (Å²) in [5.41, 5.74) is 7.99. The number of ether oxygens (including phenoxy) is 1. The summed E-state index contributed by atoms with van der Waals surface area (Å²) >= 11 is 3.45. The third-order valence-electron chi connectivity index (χ3n) is 2.81. The van der Waals surface area contributed by atoms with Crippen LogP contribution in [-0.4, -0.2) is 11.6 Å². The normalized spacial score (nSPS) is 12.2. The Labute approximate surface area is 121 Å². The summed E-state index contributed by atoms with van der Waals surface area (Å²) in [5, 5.41) is 0. The quantitative estimate of drug-likeness (QED) is 0.917. The molecule has 4 heteroatoms. The van der Waals surface area contributed by atoms with Crippen LogP contribution in [0.4, 0.5) is 0 Å². The van der Waals surface area contributed by atoms with Gasteiger partial charge in [0.15, 0.2) is 0 Å². The van der Waals surface area contributed by atoms with Crippen LogP contribution in [0.2, 0.25) is 0 Å². The number of nitrogens with zero attached hydrogens (tertiary/aromatic N) is 1. The average Bonchev–Trinajstić information content (AvgIpc) is 2.39. The first-order valence-corrected chi connectivity index (χ1v) is 7.04. The molecule has 2 rings (SSSR count). The summed E-state index contributed by atoms with van der Waals surface area (Å²) in [5.74, 6) is 0.834. The molecule has 0 saturated carbocycles. The maximum atomic E-state index is 5.94. The van der Waals surface area contributed by atoms with E-state index >= 15 is 0 Å². The molecule has 0 bridgehead atoms. The predicted octanol–water partition coefficient (Wildman–Crippen LogP) is 3.49. The van der Waals surface area contributed by atoms with Crippen LogP contribution in [-0.2, 0) is 6.42 Å². The van der Waals surface area contributed by atoms with E-state index in [-0.39, 0.29) is 6.04 Å². The van der Waals surface area contributed by atoms with Gasteiger partial charge in [0.25, 0.3) is 0 Å². The number of rotatable bonds is 5. The van der Waals surface area contributed by atoms with Crippen LogP contribution in [0.25, 0.3) is 0 Å². The van der Waals surface area contributed by atoms with E-state index in [0.717, 1.165) is 27.9 Å². The molecule has 0 spiro atoms.